The zero-order valence-corrected chi connectivity index (χ0v) is 16.7. The van der Waals surface area contributed by atoms with Gasteiger partial charge < -0.3 is 15.6 Å². The van der Waals surface area contributed by atoms with Crippen molar-refractivity contribution in [1.29, 1.82) is 0 Å². The van der Waals surface area contributed by atoms with Crippen molar-refractivity contribution in [2.24, 2.45) is 0 Å². The number of hydrogen-bond acceptors (Lipinski definition) is 4. The van der Waals surface area contributed by atoms with Crippen LogP contribution in [0.25, 0.3) is 10.9 Å². The molecule has 0 saturated carbocycles. The number of anilines is 2. The molecular formula is C22H24N4O4. The van der Waals surface area contributed by atoms with Gasteiger partial charge in [0.25, 0.3) is 5.56 Å². The number of carbonyl (C=O) groups excluding carboxylic acids is 2. The molecule has 8 heteroatoms. The number of benzene rings is 2. The fraction of sp³-hybridized carbons (Fsp3) is 0.273. The second-order valence-electron chi connectivity index (χ2n) is 7.05. The highest BCUT2D eigenvalue weighted by Gasteiger charge is 2.08. The maximum Gasteiger partial charge on any atom is 0.328 e. The maximum atomic E-state index is 12.5. The van der Waals surface area contributed by atoms with Gasteiger partial charge in [0.15, 0.2) is 0 Å². The van der Waals surface area contributed by atoms with Crippen LogP contribution in [0.2, 0.25) is 0 Å². The Morgan fingerprint density at radius 1 is 0.933 bits per heavy atom. The number of nitrogens with one attached hydrogen (secondary N) is 3. The summed E-state index contributed by atoms with van der Waals surface area (Å²) in [6, 6.07) is 13.9. The number of fused-ring (bicyclic) bond motifs is 1. The van der Waals surface area contributed by atoms with Gasteiger partial charge in [-0.2, -0.15) is 0 Å². The van der Waals surface area contributed by atoms with Crippen LogP contribution in [-0.4, -0.2) is 21.4 Å². The van der Waals surface area contributed by atoms with E-state index in [2.05, 4.69) is 15.6 Å². The van der Waals surface area contributed by atoms with E-state index in [0.29, 0.717) is 54.5 Å². The van der Waals surface area contributed by atoms with E-state index < -0.39 is 5.69 Å². The molecule has 3 aromatic rings. The van der Waals surface area contributed by atoms with E-state index in [9.17, 15) is 19.2 Å². The number of aromatic amines is 1. The average molecular weight is 408 g/mol. The molecule has 0 saturated heterocycles. The lowest BCUT2D eigenvalue weighted by atomic mass is 10.1. The Balaban J connectivity index is 1.47. The third kappa shape index (κ3) is 5.44. The minimum atomic E-state index is -0.421. The van der Waals surface area contributed by atoms with Gasteiger partial charge in [-0.15, -0.1) is 0 Å². The summed E-state index contributed by atoms with van der Waals surface area (Å²) in [7, 11) is 0. The molecule has 0 aliphatic heterocycles. The van der Waals surface area contributed by atoms with Gasteiger partial charge >= 0.3 is 5.69 Å². The lowest BCUT2D eigenvalue weighted by Gasteiger charge is -2.08. The summed E-state index contributed by atoms with van der Waals surface area (Å²) in [6.07, 6.45) is 2.29. The van der Waals surface area contributed by atoms with Crippen molar-refractivity contribution in [2.75, 3.05) is 10.6 Å². The largest absolute Gasteiger partial charge is 0.328 e. The summed E-state index contributed by atoms with van der Waals surface area (Å²) in [5.74, 6) is -0.307. The average Bonchev–Trinajstić information content (AvgIpc) is 2.69. The number of nitrogens with zero attached hydrogens (tertiary/aromatic N) is 1. The topological polar surface area (TPSA) is 113 Å². The molecule has 0 atom stereocenters. The van der Waals surface area contributed by atoms with E-state index in [-0.39, 0.29) is 17.4 Å². The van der Waals surface area contributed by atoms with E-state index in [1.165, 1.54) is 11.5 Å². The van der Waals surface area contributed by atoms with E-state index >= 15 is 0 Å². The van der Waals surface area contributed by atoms with Gasteiger partial charge in [0, 0.05) is 31.3 Å². The summed E-state index contributed by atoms with van der Waals surface area (Å²) in [4.78, 5) is 50.6. The quantitative estimate of drug-likeness (QED) is 0.497. The molecule has 0 bridgehead atoms. The number of carbonyl (C=O) groups is 2. The highest BCUT2D eigenvalue weighted by Crippen LogP contribution is 2.15. The van der Waals surface area contributed by atoms with Crippen molar-refractivity contribution in [3.63, 3.8) is 0 Å². The van der Waals surface area contributed by atoms with Crippen molar-refractivity contribution in [3.05, 3.63) is 69.4 Å². The van der Waals surface area contributed by atoms with Gasteiger partial charge in [0.2, 0.25) is 11.8 Å². The molecule has 1 aromatic heterocycles. The monoisotopic (exact) mass is 408 g/mol. The summed E-state index contributed by atoms with van der Waals surface area (Å²) in [5, 5.41) is 5.95. The predicted molar refractivity (Wildman–Crippen MR) is 117 cm³/mol. The van der Waals surface area contributed by atoms with Gasteiger partial charge in [0.05, 0.1) is 10.9 Å². The number of rotatable bonds is 8. The number of amides is 2. The Morgan fingerprint density at radius 2 is 1.67 bits per heavy atom. The third-order valence-electron chi connectivity index (χ3n) is 4.64. The summed E-state index contributed by atoms with van der Waals surface area (Å²) in [6.45, 7) is 1.73. The van der Waals surface area contributed by atoms with Crippen molar-refractivity contribution in [1.82, 2.24) is 9.55 Å². The number of H-pyrrole nitrogens is 1. The summed E-state index contributed by atoms with van der Waals surface area (Å²) in [5.41, 5.74) is 1.04. The standard InChI is InChI=1S/C22H24N4O4/c1-15(27)23-16-8-7-9-17(14-16)24-20(28)12-3-2-6-13-26-21(29)18-10-4-5-11-19(18)25-22(26)30/h4-5,7-11,14H,2-3,6,12-13H2,1H3,(H,23,27)(H,24,28)(H,25,30). The first-order valence-corrected chi connectivity index (χ1v) is 9.83. The number of unbranched alkanes of at least 4 members (excludes halogenated alkanes) is 2. The smallest absolute Gasteiger partial charge is 0.326 e. The van der Waals surface area contributed by atoms with Crippen molar-refractivity contribution in [3.8, 4) is 0 Å². The maximum absolute atomic E-state index is 12.5. The number of hydrogen-bond donors (Lipinski definition) is 3. The lowest BCUT2D eigenvalue weighted by Crippen LogP contribution is -2.35. The first kappa shape index (κ1) is 21.0. The molecule has 0 radical (unpaired) electrons. The minimum Gasteiger partial charge on any atom is -0.326 e. The van der Waals surface area contributed by atoms with Gasteiger partial charge in [0.1, 0.15) is 0 Å². The van der Waals surface area contributed by atoms with Crippen molar-refractivity contribution >= 4 is 34.1 Å². The van der Waals surface area contributed by atoms with Crippen LogP contribution in [0.15, 0.2) is 58.1 Å². The fourth-order valence-corrected chi connectivity index (χ4v) is 3.24. The zero-order valence-electron chi connectivity index (χ0n) is 16.7. The Bertz CT molecular complexity index is 1180. The second-order valence-corrected chi connectivity index (χ2v) is 7.05. The molecular weight excluding hydrogens is 384 g/mol. The first-order valence-electron chi connectivity index (χ1n) is 9.83. The molecule has 156 valence electrons. The normalized spacial score (nSPS) is 10.7. The van der Waals surface area contributed by atoms with Crippen molar-refractivity contribution < 1.29 is 9.59 Å². The molecule has 2 amide bonds. The minimum absolute atomic E-state index is 0.129. The van der Waals surface area contributed by atoms with Gasteiger partial charge in [-0.3, -0.25) is 19.0 Å². The van der Waals surface area contributed by atoms with Crippen LogP contribution < -0.4 is 21.9 Å². The van der Waals surface area contributed by atoms with Crippen LogP contribution >= 0.6 is 0 Å². The molecule has 8 nitrogen and oxygen atoms in total. The Morgan fingerprint density at radius 3 is 2.43 bits per heavy atom. The van der Waals surface area contributed by atoms with Gasteiger partial charge in [-0.1, -0.05) is 24.6 Å². The van der Waals surface area contributed by atoms with Crippen molar-refractivity contribution in [2.45, 2.75) is 39.2 Å². The summed E-state index contributed by atoms with van der Waals surface area (Å²) < 4.78 is 1.20. The summed E-state index contributed by atoms with van der Waals surface area (Å²) >= 11 is 0. The van der Waals surface area contributed by atoms with Crippen LogP contribution in [0.5, 0.6) is 0 Å². The van der Waals surface area contributed by atoms with E-state index in [1.54, 1.807) is 48.5 Å². The molecule has 0 unspecified atom stereocenters. The Labute approximate surface area is 172 Å². The Hall–Kier alpha value is -3.68. The molecule has 0 aliphatic carbocycles. The van der Waals surface area contributed by atoms with Crippen LogP contribution in [0.3, 0.4) is 0 Å². The van der Waals surface area contributed by atoms with Crippen LogP contribution in [0.1, 0.15) is 32.6 Å². The molecule has 0 fully saturated rings. The van der Waals surface area contributed by atoms with E-state index in [1.807, 2.05) is 0 Å². The van der Waals surface area contributed by atoms with Crippen LogP contribution in [0, 0.1) is 0 Å². The number of aromatic nitrogens is 2. The third-order valence-corrected chi connectivity index (χ3v) is 4.64. The second kappa shape index (κ2) is 9.69. The van der Waals surface area contributed by atoms with Crippen LogP contribution in [-0.2, 0) is 16.1 Å². The highest BCUT2D eigenvalue weighted by molar-refractivity contribution is 5.93. The SMILES string of the molecule is CC(=O)Nc1cccc(NC(=O)CCCCCn2c(=O)[nH]c3ccccc3c2=O)c1. The Kier molecular flexibility index (Phi) is 6.79. The molecule has 0 aliphatic rings. The molecule has 0 spiro atoms. The van der Waals surface area contributed by atoms with Gasteiger partial charge in [-0.25, -0.2) is 4.79 Å². The molecule has 3 N–H and O–H groups in total. The van der Waals surface area contributed by atoms with Crippen LogP contribution in [0.4, 0.5) is 11.4 Å². The molecule has 1 heterocycles. The highest BCUT2D eigenvalue weighted by atomic mass is 16.2. The van der Waals surface area contributed by atoms with Gasteiger partial charge in [-0.05, 0) is 43.2 Å². The number of para-hydroxylation sites is 1. The fourth-order valence-electron chi connectivity index (χ4n) is 3.24. The molecule has 3 rings (SSSR count). The zero-order chi connectivity index (χ0) is 21.5. The lowest BCUT2D eigenvalue weighted by molar-refractivity contribution is -0.116. The van der Waals surface area contributed by atoms with E-state index in [4.69, 9.17) is 0 Å². The first-order chi connectivity index (χ1) is 14.4. The predicted octanol–water partition coefficient (Wildman–Crippen LogP) is 2.85. The molecule has 30 heavy (non-hydrogen) atoms. The van der Waals surface area contributed by atoms with E-state index in [0.717, 1.165) is 0 Å². The molecule has 2 aromatic carbocycles.